The molecular formula is C17H27NO3. The lowest BCUT2D eigenvalue weighted by Crippen LogP contribution is -2.43. The molecule has 118 valence electrons. The molecule has 0 aliphatic rings. The molecule has 0 amide bonds. The number of hydrogen-bond acceptors (Lipinski definition) is 4. The van der Waals surface area contributed by atoms with Gasteiger partial charge in [-0.05, 0) is 49.8 Å². The summed E-state index contributed by atoms with van der Waals surface area (Å²) in [5.41, 5.74) is 1.18. The van der Waals surface area contributed by atoms with Crippen molar-refractivity contribution in [3.8, 4) is 5.75 Å². The van der Waals surface area contributed by atoms with Crippen molar-refractivity contribution >= 4 is 5.97 Å². The first-order chi connectivity index (χ1) is 9.92. The standard InChI is InChI=1S/C17H27NO3/c1-12(2)11-16(17(20)21-4)18-13(3)5-6-14-7-9-15(19)10-8-14/h7-10,12-13,16,18-19H,5-6,11H2,1-4H3. The maximum Gasteiger partial charge on any atom is 0.322 e. The minimum absolute atomic E-state index is 0.194. The van der Waals surface area contributed by atoms with E-state index in [0.717, 1.165) is 19.3 Å². The van der Waals surface area contributed by atoms with Crippen LogP contribution in [0.5, 0.6) is 5.75 Å². The summed E-state index contributed by atoms with van der Waals surface area (Å²) in [6, 6.07) is 7.22. The van der Waals surface area contributed by atoms with E-state index in [2.05, 4.69) is 26.1 Å². The Morgan fingerprint density at radius 2 is 1.86 bits per heavy atom. The molecule has 0 saturated carbocycles. The Bertz CT molecular complexity index is 428. The van der Waals surface area contributed by atoms with Crippen LogP contribution in [0.15, 0.2) is 24.3 Å². The molecule has 4 nitrogen and oxygen atoms in total. The first-order valence-corrected chi connectivity index (χ1v) is 7.54. The third-order valence-corrected chi connectivity index (χ3v) is 3.48. The lowest BCUT2D eigenvalue weighted by atomic mass is 10.0. The number of phenols is 1. The lowest BCUT2D eigenvalue weighted by Gasteiger charge is -2.23. The quantitative estimate of drug-likeness (QED) is 0.724. The summed E-state index contributed by atoms with van der Waals surface area (Å²) in [6.07, 6.45) is 2.61. The van der Waals surface area contributed by atoms with Crippen LogP contribution in [0.25, 0.3) is 0 Å². The third-order valence-electron chi connectivity index (χ3n) is 3.48. The van der Waals surface area contributed by atoms with Crippen LogP contribution in [0.1, 0.15) is 39.2 Å². The van der Waals surface area contributed by atoms with E-state index in [1.165, 1.54) is 12.7 Å². The molecule has 4 heteroatoms. The van der Waals surface area contributed by atoms with Crippen molar-refractivity contribution in [2.75, 3.05) is 7.11 Å². The van der Waals surface area contributed by atoms with Crippen molar-refractivity contribution < 1.29 is 14.6 Å². The van der Waals surface area contributed by atoms with Crippen molar-refractivity contribution in [3.63, 3.8) is 0 Å². The number of aromatic hydroxyl groups is 1. The molecule has 0 saturated heterocycles. The number of hydrogen-bond donors (Lipinski definition) is 2. The average Bonchev–Trinajstić information content (AvgIpc) is 2.44. The molecular weight excluding hydrogens is 266 g/mol. The fraction of sp³-hybridized carbons (Fsp3) is 0.588. The molecule has 0 aromatic heterocycles. The SMILES string of the molecule is COC(=O)C(CC(C)C)NC(C)CCc1ccc(O)cc1. The summed E-state index contributed by atoms with van der Waals surface area (Å²) in [7, 11) is 1.43. The minimum Gasteiger partial charge on any atom is -0.508 e. The zero-order valence-electron chi connectivity index (χ0n) is 13.4. The molecule has 2 unspecified atom stereocenters. The Morgan fingerprint density at radius 1 is 1.24 bits per heavy atom. The largest absolute Gasteiger partial charge is 0.508 e. The molecule has 0 aliphatic carbocycles. The second-order valence-electron chi connectivity index (χ2n) is 5.98. The highest BCUT2D eigenvalue weighted by molar-refractivity contribution is 5.75. The van der Waals surface area contributed by atoms with E-state index in [1.807, 2.05) is 12.1 Å². The van der Waals surface area contributed by atoms with Gasteiger partial charge in [0.2, 0.25) is 0 Å². The Balaban J connectivity index is 2.47. The van der Waals surface area contributed by atoms with Crippen LogP contribution in [0.2, 0.25) is 0 Å². The number of esters is 1. The van der Waals surface area contributed by atoms with E-state index in [9.17, 15) is 9.90 Å². The number of carbonyl (C=O) groups is 1. The van der Waals surface area contributed by atoms with Crippen molar-refractivity contribution in [1.82, 2.24) is 5.32 Å². The van der Waals surface area contributed by atoms with Gasteiger partial charge >= 0.3 is 5.97 Å². The number of phenolic OH excluding ortho intramolecular Hbond substituents is 1. The predicted octanol–water partition coefficient (Wildman–Crippen LogP) is 2.89. The highest BCUT2D eigenvalue weighted by Gasteiger charge is 2.21. The van der Waals surface area contributed by atoms with Crippen LogP contribution in [0, 0.1) is 5.92 Å². The van der Waals surface area contributed by atoms with Gasteiger partial charge in [-0.25, -0.2) is 0 Å². The number of benzene rings is 1. The van der Waals surface area contributed by atoms with Gasteiger partial charge in [-0.2, -0.15) is 0 Å². The van der Waals surface area contributed by atoms with E-state index in [0.29, 0.717) is 5.92 Å². The molecule has 2 N–H and O–H groups in total. The molecule has 1 aromatic rings. The molecule has 0 heterocycles. The molecule has 1 rings (SSSR count). The zero-order chi connectivity index (χ0) is 15.8. The van der Waals surface area contributed by atoms with Gasteiger partial charge in [-0.15, -0.1) is 0 Å². The number of methoxy groups -OCH3 is 1. The Hall–Kier alpha value is -1.55. The first-order valence-electron chi connectivity index (χ1n) is 7.54. The predicted molar refractivity (Wildman–Crippen MR) is 84.3 cm³/mol. The smallest absolute Gasteiger partial charge is 0.322 e. The maximum atomic E-state index is 11.8. The summed E-state index contributed by atoms with van der Waals surface area (Å²) in [5, 5.41) is 12.6. The van der Waals surface area contributed by atoms with Crippen LogP contribution in [-0.4, -0.2) is 30.3 Å². The molecule has 0 fully saturated rings. The number of carbonyl (C=O) groups excluding carboxylic acids is 1. The lowest BCUT2D eigenvalue weighted by molar-refractivity contribution is -0.143. The van der Waals surface area contributed by atoms with E-state index >= 15 is 0 Å². The van der Waals surface area contributed by atoms with Crippen molar-refractivity contribution in [1.29, 1.82) is 0 Å². The summed E-state index contributed by atoms with van der Waals surface area (Å²) < 4.78 is 4.86. The molecule has 0 radical (unpaired) electrons. The van der Waals surface area contributed by atoms with Gasteiger partial charge in [0.05, 0.1) is 7.11 Å². The second-order valence-corrected chi connectivity index (χ2v) is 5.98. The number of aryl methyl sites for hydroxylation is 1. The highest BCUT2D eigenvalue weighted by Crippen LogP contribution is 2.13. The van der Waals surface area contributed by atoms with Gasteiger partial charge in [-0.3, -0.25) is 4.79 Å². The van der Waals surface area contributed by atoms with Gasteiger partial charge in [0.1, 0.15) is 11.8 Å². The van der Waals surface area contributed by atoms with Gasteiger partial charge in [-0.1, -0.05) is 26.0 Å². The summed E-state index contributed by atoms with van der Waals surface area (Å²) in [4.78, 5) is 11.8. The molecule has 21 heavy (non-hydrogen) atoms. The fourth-order valence-corrected chi connectivity index (χ4v) is 2.32. The van der Waals surface area contributed by atoms with Crippen molar-refractivity contribution in [2.45, 2.75) is 52.1 Å². The van der Waals surface area contributed by atoms with Crippen LogP contribution >= 0.6 is 0 Å². The van der Waals surface area contributed by atoms with Gasteiger partial charge in [0.15, 0.2) is 0 Å². The molecule has 0 bridgehead atoms. The maximum absolute atomic E-state index is 11.8. The minimum atomic E-state index is -0.246. The summed E-state index contributed by atoms with van der Waals surface area (Å²) >= 11 is 0. The molecule has 0 spiro atoms. The topological polar surface area (TPSA) is 58.6 Å². The van der Waals surface area contributed by atoms with Gasteiger partial charge in [0.25, 0.3) is 0 Å². The van der Waals surface area contributed by atoms with Crippen LogP contribution in [0.3, 0.4) is 0 Å². The highest BCUT2D eigenvalue weighted by atomic mass is 16.5. The van der Waals surface area contributed by atoms with E-state index in [4.69, 9.17) is 4.74 Å². The van der Waals surface area contributed by atoms with Crippen molar-refractivity contribution in [2.24, 2.45) is 5.92 Å². The van der Waals surface area contributed by atoms with Gasteiger partial charge in [0, 0.05) is 6.04 Å². The fourth-order valence-electron chi connectivity index (χ4n) is 2.32. The Labute approximate surface area is 127 Å². The van der Waals surface area contributed by atoms with Crippen LogP contribution < -0.4 is 5.32 Å². The molecule has 1 aromatic carbocycles. The van der Waals surface area contributed by atoms with E-state index < -0.39 is 0 Å². The van der Waals surface area contributed by atoms with E-state index in [1.54, 1.807) is 12.1 Å². The molecule has 0 aliphatic heterocycles. The summed E-state index contributed by atoms with van der Waals surface area (Å²) in [5.74, 6) is 0.527. The Morgan fingerprint density at radius 3 is 2.38 bits per heavy atom. The monoisotopic (exact) mass is 293 g/mol. The van der Waals surface area contributed by atoms with E-state index in [-0.39, 0.29) is 23.8 Å². The number of rotatable bonds is 8. The third kappa shape index (κ3) is 6.63. The molecule has 2 atom stereocenters. The average molecular weight is 293 g/mol. The van der Waals surface area contributed by atoms with Crippen LogP contribution in [0.4, 0.5) is 0 Å². The number of nitrogens with one attached hydrogen (secondary N) is 1. The first kappa shape index (κ1) is 17.5. The summed E-state index contributed by atoms with van der Waals surface area (Å²) in [6.45, 7) is 6.27. The Kier molecular flexibility index (Phi) is 7.23. The van der Waals surface area contributed by atoms with Crippen molar-refractivity contribution in [3.05, 3.63) is 29.8 Å². The zero-order valence-corrected chi connectivity index (χ0v) is 13.4. The van der Waals surface area contributed by atoms with Gasteiger partial charge < -0.3 is 15.2 Å². The number of ether oxygens (including phenoxy) is 1. The van der Waals surface area contributed by atoms with Crippen LogP contribution in [-0.2, 0) is 16.0 Å². The normalized spacial score (nSPS) is 14.0. The second kappa shape index (κ2) is 8.67.